The lowest BCUT2D eigenvalue weighted by molar-refractivity contribution is 0.120. The summed E-state index contributed by atoms with van der Waals surface area (Å²) >= 11 is 12.6. The van der Waals surface area contributed by atoms with Crippen LogP contribution in [-0.4, -0.2) is 87.1 Å². The normalized spacial score (nSPS) is 18.8. The number of hydrogen-bond acceptors (Lipinski definition) is 7. The predicted molar refractivity (Wildman–Crippen MR) is 189 cm³/mol. The number of amidine groups is 1. The number of ether oxygens (including phenoxy) is 1. The van der Waals surface area contributed by atoms with Gasteiger partial charge in [-0.2, -0.15) is 5.26 Å². The molecule has 2 aliphatic rings. The number of nitriles is 1. The molecule has 254 valence electrons. The van der Waals surface area contributed by atoms with Gasteiger partial charge in [-0.05, 0) is 73.9 Å². The smallest absolute Gasteiger partial charge is 0.326 e. The minimum atomic E-state index is -3.29. The number of hydrogen-bond donors (Lipinski definition) is 1. The molecular formula is C35H40Cl2N6O4S. The number of nitrogens with one attached hydrogen (secondary N) is 1. The van der Waals surface area contributed by atoms with Crippen molar-refractivity contribution in [2.75, 3.05) is 52.1 Å². The summed E-state index contributed by atoms with van der Waals surface area (Å²) < 4.78 is 31.7. The first-order chi connectivity index (χ1) is 22.8. The maximum atomic E-state index is 14.8. The van der Waals surface area contributed by atoms with Crippen LogP contribution in [0.1, 0.15) is 55.1 Å². The van der Waals surface area contributed by atoms with Crippen molar-refractivity contribution in [1.29, 1.82) is 5.26 Å². The lowest BCUT2D eigenvalue weighted by Crippen LogP contribution is -2.54. The van der Waals surface area contributed by atoms with Crippen molar-refractivity contribution in [2.45, 2.75) is 38.3 Å². The highest BCUT2D eigenvalue weighted by molar-refractivity contribution is 7.88. The zero-order valence-corrected chi connectivity index (χ0v) is 29.8. The van der Waals surface area contributed by atoms with Crippen molar-refractivity contribution in [3.05, 3.63) is 99.0 Å². The second-order valence-electron chi connectivity index (χ2n) is 12.5. The van der Waals surface area contributed by atoms with Crippen LogP contribution in [0.5, 0.6) is 5.75 Å². The largest absolute Gasteiger partial charge is 0.493 e. The number of carbonyl (C=O) groups excluding carboxylic acids is 1. The molecule has 3 aromatic carbocycles. The summed E-state index contributed by atoms with van der Waals surface area (Å²) in [5, 5.41) is 11.2. The Labute approximate surface area is 292 Å². The van der Waals surface area contributed by atoms with E-state index in [4.69, 9.17) is 32.9 Å². The fourth-order valence-corrected chi connectivity index (χ4v) is 6.71. The first-order valence-corrected chi connectivity index (χ1v) is 18.5. The number of aliphatic imine (C=N–C) groups is 1. The molecule has 0 spiro atoms. The molecule has 1 fully saturated rings. The summed E-state index contributed by atoms with van der Waals surface area (Å²) in [6.07, 6.45) is 1.14. The Morgan fingerprint density at radius 1 is 1.00 bits per heavy atom. The summed E-state index contributed by atoms with van der Waals surface area (Å²) in [7, 11) is -3.29. The highest BCUT2D eigenvalue weighted by Gasteiger charge is 2.45. The number of nitrogens with zero attached hydrogens (tertiary/aromatic N) is 5. The molecule has 2 heterocycles. The molecule has 3 aromatic rings. The molecule has 1 N–H and O–H groups in total. The number of sulfonamides is 1. The molecule has 2 unspecified atom stereocenters. The molecule has 0 aliphatic carbocycles. The molecule has 2 aliphatic heterocycles. The molecule has 1 saturated heterocycles. The highest BCUT2D eigenvalue weighted by atomic mass is 35.5. The van der Waals surface area contributed by atoms with Crippen LogP contribution < -0.4 is 9.46 Å². The number of rotatable bonds is 10. The number of urea groups is 1. The number of piperazine rings is 1. The number of halogens is 2. The minimum absolute atomic E-state index is 0.216. The molecule has 5 rings (SSSR count). The summed E-state index contributed by atoms with van der Waals surface area (Å²) in [5.74, 6) is 1.00. The molecule has 0 aromatic heterocycles. The minimum Gasteiger partial charge on any atom is -0.493 e. The van der Waals surface area contributed by atoms with Crippen LogP contribution in [0.2, 0.25) is 10.0 Å². The fourth-order valence-electron chi connectivity index (χ4n) is 6.00. The Hall–Kier alpha value is -3.66. The van der Waals surface area contributed by atoms with Gasteiger partial charge >= 0.3 is 6.03 Å². The Morgan fingerprint density at radius 3 is 2.17 bits per heavy atom. The van der Waals surface area contributed by atoms with Gasteiger partial charge in [0.25, 0.3) is 0 Å². The van der Waals surface area contributed by atoms with Crippen LogP contribution in [0.25, 0.3) is 0 Å². The van der Waals surface area contributed by atoms with E-state index in [0.29, 0.717) is 73.1 Å². The lowest BCUT2D eigenvalue weighted by atomic mass is 9.85. The van der Waals surface area contributed by atoms with Gasteiger partial charge in [-0.15, -0.1) is 0 Å². The van der Waals surface area contributed by atoms with E-state index in [1.165, 1.54) is 0 Å². The summed E-state index contributed by atoms with van der Waals surface area (Å²) in [4.78, 5) is 25.8. The maximum absolute atomic E-state index is 14.8. The van der Waals surface area contributed by atoms with Gasteiger partial charge in [0.15, 0.2) is 0 Å². The maximum Gasteiger partial charge on any atom is 0.326 e. The van der Waals surface area contributed by atoms with E-state index in [0.717, 1.165) is 22.9 Å². The molecule has 0 bridgehead atoms. The van der Waals surface area contributed by atoms with Gasteiger partial charge < -0.3 is 9.64 Å². The SMILES string of the molecule is CCOc1ccc(C(C)(C)C#N)cc1C1=NC(c2ccc(Cl)cc2)C(c2ccc(Cl)cc2)N1C(=O)N1CCN(CCNS(C)(=O)=O)CC1. The Kier molecular flexibility index (Phi) is 11.0. The first kappa shape index (κ1) is 35.6. The van der Waals surface area contributed by atoms with Crippen LogP contribution in [-0.2, 0) is 15.4 Å². The lowest BCUT2D eigenvalue weighted by Gasteiger charge is -2.39. The second kappa shape index (κ2) is 14.8. The second-order valence-corrected chi connectivity index (χ2v) is 15.2. The third-order valence-corrected chi connectivity index (χ3v) is 9.88. The average Bonchev–Trinajstić information content (AvgIpc) is 3.45. The molecule has 0 radical (unpaired) electrons. The molecular weight excluding hydrogens is 671 g/mol. The zero-order chi connectivity index (χ0) is 34.6. The van der Waals surface area contributed by atoms with Crippen molar-refractivity contribution in [3.63, 3.8) is 0 Å². The monoisotopic (exact) mass is 710 g/mol. The van der Waals surface area contributed by atoms with Crippen LogP contribution in [0.4, 0.5) is 4.79 Å². The molecule has 10 nitrogen and oxygen atoms in total. The van der Waals surface area contributed by atoms with E-state index >= 15 is 0 Å². The summed E-state index contributed by atoms with van der Waals surface area (Å²) in [6.45, 7) is 8.89. The third-order valence-electron chi connectivity index (χ3n) is 8.65. The third kappa shape index (κ3) is 8.13. The van der Waals surface area contributed by atoms with Gasteiger partial charge in [-0.3, -0.25) is 14.8 Å². The van der Waals surface area contributed by atoms with E-state index in [1.54, 1.807) is 17.0 Å². The Morgan fingerprint density at radius 2 is 1.60 bits per heavy atom. The summed E-state index contributed by atoms with van der Waals surface area (Å²) in [5.41, 5.74) is 2.31. The summed E-state index contributed by atoms with van der Waals surface area (Å²) in [6, 6.07) is 21.7. The average molecular weight is 712 g/mol. The van der Waals surface area contributed by atoms with Gasteiger partial charge in [-0.1, -0.05) is 53.5 Å². The quantitative estimate of drug-likeness (QED) is 0.275. The topological polar surface area (TPSA) is 118 Å². The Balaban J connectivity index is 1.60. The number of carbonyl (C=O) groups is 1. The molecule has 2 atom stereocenters. The van der Waals surface area contributed by atoms with Crippen molar-refractivity contribution < 1.29 is 17.9 Å². The van der Waals surface area contributed by atoms with E-state index in [-0.39, 0.29) is 6.03 Å². The van der Waals surface area contributed by atoms with E-state index in [2.05, 4.69) is 15.7 Å². The van der Waals surface area contributed by atoms with Gasteiger partial charge in [0.1, 0.15) is 17.6 Å². The van der Waals surface area contributed by atoms with Gasteiger partial charge in [-0.25, -0.2) is 17.9 Å². The van der Waals surface area contributed by atoms with Gasteiger partial charge in [0, 0.05) is 49.3 Å². The van der Waals surface area contributed by atoms with Gasteiger partial charge in [0.2, 0.25) is 10.0 Å². The van der Waals surface area contributed by atoms with E-state index < -0.39 is 27.5 Å². The molecule has 2 amide bonds. The molecule has 0 saturated carbocycles. The van der Waals surface area contributed by atoms with Gasteiger partial charge in [0.05, 0.1) is 36.0 Å². The molecule has 48 heavy (non-hydrogen) atoms. The fraction of sp³-hybridized carbons (Fsp3) is 0.400. The van der Waals surface area contributed by atoms with E-state index in [1.807, 2.05) is 80.3 Å². The van der Waals surface area contributed by atoms with Crippen molar-refractivity contribution >= 4 is 45.1 Å². The van der Waals surface area contributed by atoms with Crippen LogP contribution in [0.15, 0.2) is 71.7 Å². The van der Waals surface area contributed by atoms with Crippen molar-refractivity contribution in [3.8, 4) is 11.8 Å². The predicted octanol–water partition coefficient (Wildman–Crippen LogP) is 6.02. The van der Waals surface area contributed by atoms with Crippen molar-refractivity contribution in [2.24, 2.45) is 4.99 Å². The highest BCUT2D eigenvalue weighted by Crippen LogP contribution is 2.46. The van der Waals surface area contributed by atoms with Crippen LogP contribution >= 0.6 is 23.2 Å². The number of amides is 2. The van der Waals surface area contributed by atoms with E-state index in [9.17, 15) is 18.5 Å². The zero-order valence-electron chi connectivity index (χ0n) is 27.5. The number of benzene rings is 3. The first-order valence-electron chi connectivity index (χ1n) is 15.8. The molecule has 13 heteroatoms. The van der Waals surface area contributed by atoms with Crippen molar-refractivity contribution in [1.82, 2.24) is 19.4 Å². The Bertz CT molecular complexity index is 1800. The van der Waals surface area contributed by atoms with Crippen LogP contribution in [0.3, 0.4) is 0 Å². The van der Waals surface area contributed by atoms with Crippen LogP contribution in [0, 0.1) is 11.3 Å². The standard InChI is InChI=1S/C35H40Cl2N6O4S/c1-5-47-30-15-10-26(35(2,3)23-38)22-29(30)33-40-31(24-6-11-27(36)12-7-24)32(25-8-13-28(37)14-9-25)43(33)34(44)42-20-18-41(19-21-42)17-16-39-48(4,45)46/h6-15,22,31-32,39H,5,16-21H2,1-4H3.